The van der Waals surface area contributed by atoms with Gasteiger partial charge in [0.1, 0.15) is 0 Å². The number of benzene rings is 1. The van der Waals surface area contributed by atoms with Crippen molar-refractivity contribution in [2.45, 2.75) is 38.1 Å². The van der Waals surface area contributed by atoms with Crippen LogP contribution in [-0.4, -0.2) is 51.6 Å². The van der Waals surface area contributed by atoms with Crippen LogP contribution in [0.4, 0.5) is 0 Å². The second-order valence-electron chi connectivity index (χ2n) is 6.31. The lowest BCUT2D eigenvalue weighted by atomic mass is 10.2. The quantitative estimate of drug-likeness (QED) is 0.795. The largest absolute Gasteiger partial charge is 0.389 e. The SMILES string of the molecule is O[C@H](COCc1ccc(Cl)cc1)CN1CCC[C@H]1Cn1cccn1. The summed E-state index contributed by atoms with van der Waals surface area (Å²) in [5.41, 5.74) is 1.06. The van der Waals surface area contributed by atoms with Gasteiger partial charge in [-0.3, -0.25) is 9.58 Å². The van der Waals surface area contributed by atoms with Crippen molar-refractivity contribution in [2.24, 2.45) is 0 Å². The van der Waals surface area contributed by atoms with E-state index in [2.05, 4.69) is 10.00 Å². The van der Waals surface area contributed by atoms with Crippen molar-refractivity contribution >= 4 is 11.6 Å². The number of halogens is 1. The Morgan fingerprint density at radius 1 is 1.33 bits per heavy atom. The van der Waals surface area contributed by atoms with Crippen molar-refractivity contribution in [3.05, 3.63) is 53.3 Å². The molecule has 24 heavy (non-hydrogen) atoms. The summed E-state index contributed by atoms with van der Waals surface area (Å²) in [7, 11) is 0. The molecule has 1 aliphatic heterocycles. The zero-order chi connectivity index (χ0) is 16.8. The van der Waals surface area contributed by atoms with Gasteiger partial charge in [-0.25, -0.2) is 0 Å². The van der Waals surface area contributed by atoms with Gasteiger partial charge in [0.15, 0.2) is 0 Å². The Labute approximate surface area is 147 Å². The molecule has 6 heteroatoms. The second kappa shape index (κ2) is 8.62. The molecular weight excluding hydrogens is 326 g/mol. The van der Waals surface area contributed by atoms with Gasteiger partial charge in [-0.1, -0.05) is 23.7 Å². The molecule has 2 heterocycles. The van der Waals surface area contributed by atoms with Gasteiger partial charge in [-0.2, -0.15) is 5.10 Å². The Kier molecular flexibility index (Phi) is 6.26. The molecule has 0 amide bonds. The number of nitrogens with zero attached hydrogens (tertiary/aromatic N) is 3. The fourth-order valence-electron chi connectivity index (χ4n) is 3.18. The minimum absolute atomic E-state index is 0.341. The third-order valence-electron chi connectivity index (χ3n) is 4.39. The number of hydrogen-bond acceptors (Lipinski definition) is 4. The van der Waals surface area contributed by atoms with E-state index >= 15 is 0 Å². The van der Waals surface area contributed by atoms with Gasteiger partial charge in [-0.15, -0.1) is 0 Å². The van der Waals surface area contributed by atoms with Crippen molar-refractivity contribution in [1.82, 2.24) is 14.7 Å². The molecule has 1 N–H and O–H groups in total. The van der Waals surface area contributed by atoms with Crippen molar-refractivity contribution < 1.29 is 9.84 Å². The van der Waals surface area contributed by atoms with E-state index < -0.39 is 6.10 Å². The molecule has 130 valence electrons. The second-order valence-corrected chi connectivity index (χ2v) is 6.75. The minimum atomic E-state index is -0.476. The van der Waals surface area contributed by atoms with Crippen LogP contribution in [0.3, 0.4) is 0 Å². The van der Waals surface area contributed by atoms with Crippen LogP contribution >= 0.6 is 11.6 Å². The zero-order valence-electron chi connectivity index (χ0n) is 13.7. The molecule has 3 rings (SSSR count). The first-order valence-corrected chi connectivity index (χ1v) is 8.80. The van der Waals surface area contributed by atoms with Crippen LogP contribution in [0.25, 0.3) is 0 Å². The Hall–Kier alpha value is -1.40. The van der Waals surface area contributed by atoms with E-state index in [1.54, 1.807) is 6.20 Å². The summed E-state index contributed by atoms with van der Waals surface area (Å²) in [5.74, 6) is 0. The summed E-state index contributed by atoms with van der Waals surface area (Å²) in [6.45, 7) is 3.39. The molecule has 0 unspecified atom stereocenters. The van der Waals surface area contributed by atoms with Gasteiger partial charge in [-0.05, 0) is 43.1 Å². The van der Waals surface area contributed by atoms with E-state index in [1.165, 1.54) is 6.42 Å². The summed E-state index contributed by atoms with van der Waals surface area (Å²) in [5, 5.41) is 15.3. The standard InChI is InChI=1S/C18H24ClN3O2/c19-16-6-4-15(5-7-16)13-24-14-18(23)12-21-9-1-3-17(21)11-22-10-2-8-20-22/h2,4-8,10,17-18,23H,1,3,9,11-14H2/t17-,18-/m0/s1. The van der Waals surface area contributed by atoms with Gasteiger partial charge in [0.25, 0.3) is 0 Å². The number of likely N-dealkylation sites (tertiary alicyclic amines) is 1. The molecule has 2 atom stereocenters. The first kappa shape index (κ1) is 17.4. The molecule has 1 aromatic heterocycles. The third kappa shape index (κ3) is 5.05. The Balaban J connectivity index is 1.40. The molecular formula is C18H24ClN3O2. The highest BCUT2D eigenvalue weighted by molar-refractivity contribution is 6.30. The number of hydrogen-bond donors (Lipinski definition) is 1. The highest BCUT2D eigenvalue weighted by Gasteiger charge is 2.26. The van der Waals surface area contributed by atoms with Gasteiger partial charge >= 0.3 is 0 Å². The molecule has 1 aromatic carbocycles. The monoisotopic (exact) mass is 349 g/mol. The van der Waals surface area contributed by atoms with E-state index in [0.29, 0.717) is 25.8 Å². The van der Waals surface area contributed by atoms with Gasteiger partial charge < -0.3 is 9.84 Å². The summed E-state index contributed by atoms with van der Waals surface area (Å²) in [6.07, 6.45) is 5.64. The summed E-state index contributed by atoms with van der Waals surface area (Å²) < 4.78 is 7.60. The van der Waals surface area contributed by atoms with Crippen molar-refractivity contribution in [3.63, 3.8) is 0 Å². The lowest BCUT2D eigenvalue weighted by Gasteiger charge is -2.26. The number of rotatable bonds is 8. The van der Waals surface area contributed by atoms with Crippen LogP contribution < -0.4 is 0 Å². The van der Waals surface area contributed by atoms with Crippen molar-refractivity contribution in [3.8, 4) is 0 Å². The summed E-state index contributed by atoms with van der Waals surface area (Å²) in [4.78, 5) is 2.35. The van der Waals surface area contributed by atoms with E-state index in [0.717, 1.165) is 30.1 Å². The highest BCUT2D eigenvalue weighted by Crippen LogP contribution is 2.19. The van der Waals surface area contributed by atoms with E-state index in [-0.39, 0.29) is 0 Å². The maximum absolute atomic E-state index is 10.3. The average molecular weight is 350 g/mol. The normalized spacial score (nSPS) is 19.7. The number of aliphatic hydroxyl groups excluding tert-OH is 1. The molecule has 1 saturated heterocycles. The molecule has 0 radical (unpaired) electrons. The molecule has 5 nitrogen and oxygen atoms in total. The van der Waals surface area contributed by atoms with Crippen molar-refractivity contribution in [2.75, 3.05) is 19.7 Å². The van der Waals surface area contributed by atoms with E-state index in [1.807, 2.05) is 41.2 Å². The lowest BCUT2D eigenvalue weighted by molar-refractivity contribution is 0.00666. The fraction of sp³-hybridized carbons (Fsp3) is 0.500. The smallest absolute Gasteiger partial charge is 0.0900 e. The molecule has 2 aromatic rings. The van der Waals surface area contributed by atoms with E-state index in [4.69, 9.17) is 16.3 Å². The van der Waals surface area contributed by atoms with Crippen LogP contribution in [0.1, 0.15) is 18.4 Å². The molecule has 1 aliphatic rings. The molecule has 0 saturated carbocycles. The molecule has 1 fully saturated rings. The molecule has 0 bridgehead atoms. The van der Waals surface area contributed by atoms with Crippen LogP contribution in [-0.2, 0) is 17.9 Å². The number of β-amino-alcohol motifs (C(OH)–C–C–N with tert-alkyl or cyclic N) is 1. The van der Waals surface area contributed by atoms with Crippen LogP contribution in [0.15, 0.2) is 42.7 Å². The predicted molar refractivity (Wildman–Crippen MR) is 93.9 cm³/mol. The first-order valence-electron chi connectivity index (χ1n) is 8.42. The van der Waals surface area contributed by atoms with E-state index in [9.17, 15) is 5.11 Å². The number of aromatic nitrogens is 2. The summed E-state index contributed by atoms with van der Waals surface area (Å²) in [6, 6.07) is 9.96. The summed E-state index contributed by atoms with van der Waals surface area (Å²) >= 11 is 5.86. The maximum atomic E-state index is 10.3. The fourth-order valence-corrected chi connectivity index (χ4v) is 3.31. The van der Waals surface area contributed by atoms with Crippen molar-refractivity contribution in [1.29, 1.82) is 0 Å². The minimum Gasteiger partial charge on any atom is -0.389 e. The Morgan fingerprint density at radius 3 is 2.92 bits per heavy atom. The predicted octanol–water partition coefficient (Wildman–Crippen LogP) is 2.58. The zero-order valence-corrected chi connectivity index (χ0v) is 14.5. The number of ether oxygens (including phenoxy) is 1. The third-order valence-corrected chi connectivity index (χ3v) is 4.65. The topological polar surface area (TPSA) is 50.5 Å². The van der Waals surface area contributed by atoms with Crippen LogP contribution in [0.2, 0.25) is 5.02 Å². The van der Waals surface area contributed by atoms with Gasteiger partial charge in [0, 0.05) is 30.0 Å². The Morgan fingerprint density at radius 2 is 2.17 bits per heavy atom. The highest BCUT2D eigenvalue weighted by atomic mass is 35.5. The number of aliphatic hydroxyl groups is 1. The van der Waals surface area contributed by atoms with Crippen LogP contribution in [0.5, 0.6) is 0 Å². The molecule has 0 spiro atoms. The molecule has 0 aliphatic carbocycles. The lowest BCUT2D eigenvalue weighted by Crippen LogP contribution is -2.40. The Bertz CT molecular complexity index is 603. The maximum Gasteiger partial charge on any atom is 0.0900 e. The first-order chi connectivity index (χ1) is 11.7. The average Bonchev–Trinajstić information content (AvgIpc) is 3.22. The van der Waals surface area contributed by atoms with Crippen LogP contribution in [0, 0.1) is 0 Å². The van der Waals surface area contributed by atoms with Gasteiger partial charge in [0.05, 0.1) is 25.9 Å². The van der Waals surface area contributed by atoms with Gasteiger partial charge in [0.2, 0.25) is 0 Å².